The van der Waals surface area contributed by atoms with Gasteiger partial charge in [0.15, 0.2) is 0 Å². The first-order chi connectivity index (χ1) is 14.9. The summed E-state index contributed by atoms with van der Waals surface area (Å²) in [5.41, 5.74) is 0.254. The molecule has 1 atom stereocenters. The molecule has 1 unspecified atom stereocenters. The molecule has 0 bridgehead atoms. The molecule has 4 amide bonds. The fourth-order valence-electron chi connectivity index (χ4n) is 5.22. The zero-order valence-electron chi connectivity index (χ0n) is 18.6. The second-order valence-electron chi connectivity index (χ2n) is 9.31. The van der Waals surface area contributed by atoms with Crippen LogP contribution in [0.3, 0.4) is 0 Å². The minimum atomic E-state index is -0.807. The van der Waals surface area contributed by atoms with E-state index in [-0.39, 0.29) is 24.4 Å². The number of likely N-dealkylation sites (tertiary alicyclic amines) is 1. The van der Waals surface area contributed by atoms with E-state index in [1.807, 2.05) is 29.2 Å². The van der Waals surface area contributed by atoms with Gasteiger partial charge in [-0.25, -0.2) is 4.79 Å². The molecular formula is C24H33N3O4. The standard InChI is InChI=1S/C24H33N3O4/c1-17-11-13-24(14-12-17)22(29)27(23(30)25-24)16-21(28)26-15-5-3-4-6-20(26)18-7-9-19(31-2)10-8-18/h7-10,17,20H,3-6,11-16H2,1-2H3,(H,25,30). The predicted molar refractivity (Wildman–Crippen MR) is 117 cm³/mol. The molecule has 7 nitrogen and oxygen atoms in total. The number of urea groups is 1. The molecule has 1 aromatic rings. The van der Waals surface area contributed by atoms with Gasteiger partial charge in [0.05, 0.1) is 13.2 Å². The van der Waals surface area contributed by atoms with Crippen molar-refractivity contribution in [2.24, 2.45) is 5.92 Å². The second-order valence-corrected chi connectivity index (χ2v) is 9.31. The number of methoxy groups -OCH3 is 1. The molecule has 3 fully saturated rings. The third-order valence-electron chi connectivity index (χ3n) is 7.24. The van der Waals surface area contributed by atoms with E-state index >= 15 is 0 Å². The Bertz CT molecular complexity index is 830. The number of amides is 4. The van der Waals surface area contributed by atoms with Gasteiger partial charge >= 0.3 is 6.03 Å². The normalized spacial score (nSPS) is 29.1. The summed E-state index contributed by atoms with van der Waals surface area (Å²) in [6.07, 6.45) is 7.06. The predicted octanol–water partition coefficient (Wildman–Crippen LogP) is 3.64. The molecule has 0 radical (unpaired) electrons. The van der Waals surface area contributed by atoms with Gasteiger partial charge in [0.25, 0.3) is 5.91 Å². The lowest BCUT2D eigenvalue weighted by atomic mass is 9.77. The van der Waals surface area contributed by atoms with Crippen molar-refractivity contribution in [2.75, 3.05) is 20.2 Å². The lowest BCUT2D eigenvalue weighted by molar-refractivity contribution is -0.141. The largest absolute Gasteiger partial charge is 0.497 e. The summed E-state index contributed by atoms with van der Waals surface area (Å²) in [4.78, 5) is 42.2. The summed E-state index contributed by atoms with van der Waals surface area (Å²) in [6, 6.07) is 7.35. The number of ether oxygens (including phenoxy) is 1. The highest BCUT2D eigenvalue weighted by molar-refractivity contribution is 6.09. The maximum Gasteiger partial charge on any atom is 0.325 e. The first kappa shape index (κ1) is 21.7. The molecule has 4 rings (SSSR count). The molecular weight excluding hydrogens is 394 g/mol. The van der Waals surface area contributed by atoms with Crippen molar-refractivity contribution in [1.29, 1.82) is 0 Å². The van der Waals surface area contributed by atoms with E-state index < -0.39 is 11.6 Å². The van der Waals surface area contributed by atoms with Gasteiger partial charge in [0.1, 0.15) is 17.8 Å². The van der Waals surface area contributed by atoms with Crippen LogP contribution in [0, 0.1) is 5.92 Å². The Morgan fingerprint density at radius 3 is 2.48 bits per heavy atom. The first-order valence-corrected chi connectivity index (χ1v) is 11.5. The molecule has 31 heavy (non-hydrogen) atoms. The molecule has 1 aliphatic carbocycles. The average Bonchev–Trinajstić information content (AvgIpc) is 2.95. The number of carbonyl (C=O) groups excluding carboxylic acids is 3. The van der Waals surface area contributed by atoms with Crippen LogP contribution < -0.4 is 10.1 Å². The number of benzene rings is 1. The van der Waals surface area contributed by atoms with Gasteiger partial charge in [-0.3, -0.25) is 14.5 Å². The Labute approximate surface area is 184 Å². The van der Waals surface area contributed by atoms with Gasteiger partial charge in [-0.15, -0.1) is 0 Å². The fourth-order valence-corrected chi connectivity index (χ4v) is 5.22. The highest BCUT2D eigenvalue weighted by Crippen LogP contribution is 2.37. The van der Waals surface area contributed by atoms with E-state index in [2.05, 4.69) is 12.2 Å². The Morgan fingerprint density at radius 1 is 1.10 bits per heavy atom. The molecule has 1 spiro atoms. The van der Waals surface area contributed by atoms with Gasteiger partial charge < -0.3 is 15.0 Å². The van der Waals surface area contributed by atoms with Gasteiger partial charge in [0, 0.05) is 6.54 Å². The number of nitrogens with zero attached hydrogens (tertiary/aromatic N) is 2. The van der Waals surface area contributed by atoms with Crippen molar-refractivity contribution >= 4 is 17.8 Å². The summed E-state index contributed by atoms with van der Waals surface area (Å²) < 4.78 is 5.26. The molecule has 0 aromatic heterocycles. The van der Waals surface area contributed by atoms with Gasteiger partial charge in [-0.2, -0.15) is 0 Å². The van der Waals surface area contributed by atoms with Crippen LogP contribution in [-0.2, 0) is 9.59 Å². The zero-order chi connectivity index (χ0) is 22.0. The number of nitrogens with one attached hydrogen (secondary N) is 1. The van der Waals surface area contributed by atoms with Crippen LogP contribution in [0.15, 0.2) is 24.3 Å². The quantitative estimate of drug-likeness (QED) is 0.744. The summed E-state index contributed by atoms with van der Waals surface area (Å²) >= 11 is 0. The Balaban J connectivity index is 1.50. The Hall–Kier alpha value is -2.57. The van der Waals surface area contributed by atoms with E-state index in [4.69, 9.17) is 4.74 Å². The highest BCUT2D eigenvalue weighted by atomic mass is 16.5. The SMILES string of the molecule is COc1ccc(C2CCCCCN2C(=O)CN2C(=O)NC3(CCC(C)CC3)C2=O)cc1. The van der Waals surface area contributed by atoms with Crippen LogP contribution in [0.2, 0.25) is 0 Å². The monoisotopic (exact) mass is 427 g/mol. The molecule has 2 heterocycles. The van der Waals surface area contributed by atoms with Crippen LogP contribution in [-0.4, -0.2) is 53.4 Å². The molecule has 3 aliphatic rings. The van der Waals surface area contributed by atoms with Crippen LogP contribution in [0.4, 0.5) is 4.79 Å². The minimum Gasteiger partial charge on any atom is -0.497 e. The maximum atomic E-state index is 13.4. The smallest absolute Gasteiger partial charge is 0.325 e. The van der Waals surface area contributed by atoms with Gasteiger partial charge in [-0.05, 0) is 62.1 Å². The van der Waals surface area contributed by atoms with Crippen LogP contribution in [0.1, 0.15) is 69.9 Å². The Kier molecular flexibility index (Phi) is 6.21. The third-order valence-corrected chi connectivity index (χ3v) is 7.24. The first-order valence-electron chi connectivity index (χ1n) is 11.5. The molecule has 1 saturated carbocycles. The maximum absolute atomic E-state index is 13.4. The van der Waals surface area contributed by atoms with E-state index in [0.29, 0.717) is 25.3 Å². The molecule has 7 heteroatoms. The number of rotatable bonds is 4. The summed E-state index contributed by atoms with van der Waals surface area (Å²) in [5.74, 6) is 0.955. The van der Waals surface area contributed by atoms with Gasteiger partial charge in [0.2, 0.25) is 5.91 Å². The topological polar surface area (TPSA) is 79.0 Å². The van der Waals surface area contributed by atoms with E-state index in [1.165, 1.54) is 0 Å². The Morgan fingerprint density at radius 2 is 1.81 bits per heavy atom. The summed E-state index contributed by atoms with van der Waals surface area (Å²) in [7, 11) is 1.63. The summed E-state index contributed by atoms with van der Waals surface area (Å²) in [5, 5.41) is 2.92. The molecule has 1 aromatic carbocycles. The van der Waals surface area contributed by atoms with Crippen LogP contribution in [0.5, 0.6) is 5.75 Å². The molecule has 1 N–H and O–H groups in total. The van der Waals surface area contributed by atoms with Crippen LogP contribution in [0.25, 0.3) is 0 Å². The van der Waals surface area contributed by atoms with Crippen LogP contribution >= 0.6 is 0 Å². The van der Waals surface area contributed by atoms with Crippen molar-refractivity contribution in [3.05, 3.63) is 29.8 Å². The third kappa shape index (κ3) is 4.27. The second kappa shape index (κ2) is 8.89. The highest BCUT2D eigenvalue weighted by Gasteiger charge is 2.52. The van der Waals surface area contributed by atoms with Crippen molar-refractivity contribution < 1.29 is 19.1 Å². The number of imide groups is 1. The minimum absolute atomic E-state index is 0.0498. The van der Waals surface area contributed by atoms with Gasteiger partial charge in [-0.1, -0.05) is 31.9 Å². The molecule has 168 valence electrons. The fraction of sp³-hybridized carbons (Fsp3) is 0.625. The molecule has 2 saturated heterocycles. The van der Waals surface area contributed by atoms with Crippen molar-refractivity contribution in [1.82, 2.24) is 15.1 Å². The number of hydrogen-bond donors (Lipinski definition) is 1. The molecule has 2 aliphatic heterocycles. The summed E-state index contributed by atoms with van der Waals surface area (Å²) in [6.45, 7) is 2.63. The number of hydrogen-bond acceptors (Lipinski definition) is 4. The number of carbonyl (C=O) groups is 3. The van der Waals surface area contributed by atoms with Crippen molar-refractivity contribution in [2.45, 2.75) is 69.9 Å². The van der Waals surface area contributed by atoms with E-state index in [9.17, 15) is 14.4 Å². The zero-order valence-corrected chi connectivity index (χ0v) is 18.6. The average molecular weight is 428 g/mol. The lowest BCUT2D eigenvalue weighted by Gasteiger charge is -2.34. The van der Waals surface area contributed by atoms with E-state index in [0.717, 1.165) is 54.7 Å². The van der Waals surface area contributed by atoms with E-state index in [1.54, 1.807) is 7.11 Å². The lowest BCUT2D eigenvalue weighted by Crippen LogP contribution is -2.50. The van der Waals surface area contributed by atoms with Crippen molar-refractivity contribution in [3.63, 3.8) is 0 Å². The van der Waals surface area contributed by atoms with Crippen molar-refractivity contribution in [3.8, 4) is 5.75 Å².